The number of rotatable bonds is 3. The summed E-state index contributed by atoms with van der Waals surface area (Å²) in [5.74, 6) is -5.57. The number of carbonyl (C=O) groups excluding carboxylic acids is 1. The van der Waals surface area contributed by atoms with Gasteiger partial charge in [0.15, 0.2) is 17.5 Å². The molecule has 0 saturated carbocycles. The molecule has 1 heterocycles. The molecular formula is C19H13F3N2O3S. The fraction of sp³-hybridized carbons (Fsp3) is 0.105. The van der Waals surface area contributed by atoms with Gasteiger partial charge in [0.2, 0.25) is 5.91 Å². The van der Waals surface area contributed by atoms with Crippen molar-refractivity contribution in [3.05, 3.63) is 66.0 Å². The Hall–Kier alpha value is -3.07. The molecule has 0 fully saturated rings. The van der Waals surface area contributed by atoms with E-state index in [0.717, 1.165) is 10.4 Å². The van der Waals surface area contributed by atoms with E-state index in [1.165, 1.54) is 13.0 Å². The van der Waals surface area contributed by atoms with Gasteiger partial charge >= 0.3 is 0 Å². The molecule has 5 nitrogen and oxygen atoms in total. The van der Waals surface area contributed by atoms with Crippen LogP contribution < -0.4 is 9.62 Å². The molecule has 4 rings (SSSR count). The molecule has 144 valence electrons. The monoisotopic (exact) mass is 406 g/mol. The summed E-state index contributed by atoms with van der Waals surface area (Å²) >= 11 is 0. The Morgan fingerprint density at radius 2 is 1.68 bits per heavy atom. The first-order valence-electron chi connectivity index (χ1n) is 8.24. The number of nitrogens with zero attached hydrogens (tertiary/aromatic N) is 1. The van der Waals surface area contributed by atoms with Crippen molar-refractivity contribution >= 4 is 38.1 Å². The second-order valence-electron chi connectivity index (χ2n) is 6.32. The van der Waals surface area contributed by atoms with E-state index in [0.29, 0.717) is 22.5 Å². The number of sulfonamides is 1. The maximum absolute atomic E-state index is 13.9. The average Bonchev–Trinajstić information content (AvgIpc) is 2.90. The van der Waals surface area contributed by atoms with E-state index < -0.39 is 45.1 Å². The smallest absolute Gasteiger partial charge is 0.265 e. The molecule has 1 aliphatic rings. The Balaban J connectivity index is 1.73. The van der Waals surface area contributed by atoms with Gasteiger partial charge in [0.1, 0.15) is 6.04 Å². The van der Waals surface area contributed by atoms with E-state index in [1.54, 1.807) is 30.3 Å². The zero-order valence-corrected chi connectivity index (χ0v) is 15.2. The largest absolute Gasteiger partial charge is 0.322 e. The highest BCUT2D eigenvalue weighted by Crippen LogP contribution is 2.43. The van der Waals surface area contributed by atoms with Gasteiger partial charge in [0.05, 0.1) is 16.3 Å². The normalized spacial score (nSPS) is 15.6. The van der Waals surface area contributed by atoms with Crippen LogP contribution in [0.15, 0.2) is 53.4 Å². The van der Waals surface area contributed by atoms with E-state index in [1.807, 2.05) is 0 Å². The number of benzene rings is 3. The highest BCUT2D eigenvalue weighted by Gasteiger charge is 2.41. The first-order valence-corrected chi connectivity index (χ1v) is 9.68. The molecule has 0 saturated heterocycles. The van der Waals surface area contributed by atoms with Crippen molar-refractivity contribution in [1.29, 1.82) is 0 Å². The quantitative estimate of drug-likeness (QED) is 0.673. The Morgan fingerprint density at radius 3 is 2.39 bits per heavy atom. The van der Waals surface area contributed by atoms with E-state index in [-0.39, 0.29) is 4.90 Å². The van der Waals surface area contributed by atoms with Crippen molar-refractivity contribution in [3.8, 4) is 0 Å². The second kappa shape index (κ2) is 6.23. The Labute approximate surface area is 158 Å². The van der Waals surface area contributed by atoms with Gasteiger partial charge in [-0.05, 0) is 36.6 Å². The van der Waals surface area contributed by atoms with Gasteiger partial charge in [-0.3, -0.25) is 9.10 Å². The summed E-state index contributed by atoms with van der Waals surface area (Å²) in [6.45, 7) is 1.33. The van der Waals surface area contributed by atoms with Gasteiger partial charge in [-0.25, -0.2) is 21.6 Å². The van der Waals surface area contributed by atoms with Crippen molar-refractivity contribution < 1.29 is 26.4 Å². The van der Waals surface area contributed by atoms with E-state index in [4.69, 9.17) is 0 Å². The molecule has 9 heteroatoms. The summed E-state index contributed by atoms with van der Waals surface area (Å²) in [6, 6.07) is 10.0. The molecule has 3 aromatic carbocycles. The van der Waals surface area contributed by atoms with Crippen LogP contribution in [-0.2, 0) is 14.8 Å². The van der Waals surface area contributed by atoms with Crippen LogP contribution in [0.4, 0.5) is 24.5 Å². The molecule has 1 amide bonds. The molecular weight excluding hydrogens is 393 g/mol. The number of halogens is 3. The van der Waals surface area contributed by atoms with Gasteiger partial charge in [-0.1, -0.05) is 24.3 Å². The summed E-state index contributed by atoms with van der Waals surface area (Å²) in [5.41, 5.74) is -0.260. The van der Waals surface area contributed by atoms with Crippen LogP contribution in [0.1, 0.15) is 6.92 Å². The number of carbonyl (C=O) groups is 1. The minimum atomic E-state index is -4.02. The molecule has 0 unspecified atom stereocenters. The SMILES string of the molecule is C[C@H](C(=O)Nc1ccc(F)c(F)c1F)N1c2cccc3cccc(c23)S1(=O)=O. The zero-order chi connectivity index (χ0) is 20.2. The standard InChI is InChI=1S/C19H13F3N2O3S/c1-10(19(25)23-13-9-8-12(20)17(21)18(13)22)24-14-6-2-4-11-5-3-7-15(16(11)14)28(24,26)27/h2-10H,1H3,(H,23,25)/t10-/m1/s1. The molecule has 3 aromatic rings. The van der Waals surface area contributed by atoms with Crippen LogP contribution in [-0.4, -0.2) is 20.4 Å². The second-order valence-corrected chi connectivity index (χ2v) is 8.10. The zero-order valence-electron chi connectivity index (χ0n) is 14.4. The lowest BCUT2D eigenvalue weighted by atomic mass is 10.1. The molecule has 1 aliphatic heterocycles. The van der Waals surface area contributed by atoms with Crippen LogP contribution in [0.25, 0.3) is 10.8 Å². The number of hydrogen-bond donors (Lipinski definition) is 1. The van der Waals surface area contributed by atoms with E-state index >= 15 is 0 Å². The van der Waals surface area contributed by atoms with E-state index in [9.17, 15) is 26.4 Å². The lowest BCUT2D eigenvalue weighted by Crippen LogP contribution is -2.44. The molecule has 0 aromatic heterocycles. The van der Waals surface area contributed by atoms with Gasteiger partial charge < -0.3 is 5.32 Å². The Kier molecular flexibility index (Phi) is 4.07. The number of anilines is 2. The Bertz CT molecular complexity index is 1240. The van der Waals surface area contributed by atoms with Crippen LogP contribution in [0.3, 0.4) is 0 Å². The van der Waals surface area contributed by atoms with Crippen molar-refractivity contribution in [3.63, 3.8) is 0 Å². The molecule has 0 aliphatic carbocycles. The van der Waals surface area contributed by atoms with Gasteiger partial charge in [0.25, 0.3) is 10.0 Å². The van der Waals surface area contributed by atoms with Crippen molar-refractivity contribution in [2.24, 2.45) is 0 Å². The summed E-state index contributed by atoms with van der Waals surface area (Å²) in [4.78, 5) is 12.7. The fourth-order valence-corrected chi connectivity index (χ4v) is 5.17. The van der Waals surface area contributed by atoms with Gasteiger partial charge in [-0.15, -0.1) is 0 Å². The third-order valence-corrected chi connectivity index (χ3v) is 6.57. The third-order valence-electron chi connectivity index (χ3n) is 4.64. The van der Waals surface area contributed by atoms with Crippen LogP contribution in [0.2, 0.25) is 0 Å². The van der Waals surface area contributed by atoms with Crippen molar-refractivity contribution in [1.82, 2.24) is 0 Å². The van der Waals surface area contributed by atoms with Gasteiger partial charge in [-0.2, -0.15) is 0 Å². The lowest BCUT2D eigenvalue weighted by molar-refractivity contribution is -0.116. The molecule has 0 bridgehead atoms. The molecule has 0 spiro atoms. The highest BCUT2D eigenvalue weighted by atomic mass is 32.2. The number of hydrogen-bond acceptors (Lipinski definition) is 3. The summed E-state index contributed by atoms with van der Waals surface area (Å²) in [6.07, 6.45) is 0. The average molecular weight is 406 g/mol. The van der Waals surface area contributed by atoms with E-state index in [2.05, 4.69) is 5.32 Å². The highest BCUT2D eigenvalue weighted by molar-refractivity contribution is 7.93. The summed E-state index contributed by atoms with van der Waals surface area (Å²) in [5, 5.41) is 3.31. The maximum Gasteiger partial charge on any atom is 0.265 e. The Morgan fingerprint density at radius 1 is 1.00 bits per heavy atom. The van der Waals surface area contributed by atoms with Crippen molar-refractivity contribution in [2.45, 2.75) is 17.9 Å². The number of nitrogens with one attached hydrogen (secondary N) is 1. The minimum absolute atomic E-state index is 0.0688. The molecule has 28 heavy (non-hydrogen) atoms. The predicted octanol–water partition coefficient (Wildman–Crippen LogP) is 3.79. The van der Waals surface area contributed by atoms with Crippen LogP contribution in [0.5, 0.6) is 0 Å². The topological polar surface area (TPSA) is 66.5 Å². The first kappa shape index (κ1) is 18.3. The van der Waals surface area contributed by atoms with Crippen LogP contribution >= 0.6 is 0 Å². The predicted molar refractivity (Wildman–Crippen MR) is 98.0 cm³/mol. The summed E-state index contributed by atoms with van der Waals surface area (Å²) < 4.78 is 67.2. The van der Waals surface area contributed by atoms with Gasteiger partial charge in [0, 0.05) is 5.39 Å². The maximum atomic E-state index is 13.9. The first-order chi connectivity index (χ1) is 13.2. The lowest BCUT2D eigenvalue weighted by Gasteiger charge is -2.25. The molecule has 1 N–H and O–H groups in total. The van der Waals surface area contributed by atoms with Crippen molar-refractivity contribution in [2.75, 3.05) is 9.62 Å². The fourth-order valence-electron chi connectivity index (χ4n) is 3.30. The van der Waals surface area contributed by atoms with Crippen LogP contribution in [0, 0.1) is 17.5 Å². The minimum Gasteiger partial charge on any atom is -0.322 e. The molecule has 0 radical (unpaired) electrons. The third kappa shape index (κ3) is 2.54. The molecule has 1 atom stereocenters. The number of amides is 1. The summed E-state index contributed by atoms with van der Waals surface area (Å²) in [7, 11) is -4.02.